The molecular weight excluding hydrogens is 232 g/mol. The third-order valence-electron chi connectivity index (χ3n) is 4.17. The Balaban J connectivity index is 2.55. The highest BCUT2D eigenvalue weighted by molar-refractivity contribution is 5.17. The summed E-state index contributed by atoms with van der Waals surface area (Å²) < 4.78 is 0. The Morgan fingerprint density at radius 1 is 0.842 bits per heavy atom. The van der Waals surface area contributed by atoms with Crippen LogP contribution in [0.15, 0.2) is 18.7 Å². The normalized spacial score (nSPS) is 14.3. The largest absolute Gasteiger partial charge is 0.245 e. The summed E-state index contributed by atoms with van der Waals surface area (Å²) in [6, 6.07) is 0. The molecule has 0 spiro atoms. The molecule has 1 aromatic rings. The summed E-state index contributed by atoms with van der Waals surface area (Å²) in [6.45, 7) is 6.93. The van der Waals surface area contributed by atoms with E-state index in [0.29, 0.717) is 0 Å². The predicted octanol–water partition coefficient (Wildman–Crippen LogP) is 5.29. The highest BCUT2D eigenvalue weighted by atomic mass is 14.8. The topological polar surface area (TPSA) is 25.8 Å². The van der Waals surface area contributed by atoms with E-state index < -0.39 is 0 Å². The third kappa shape index (κ3) is 5.71. The van der Waals surface area contributed by atoms with E-state index in [2.05, 4.69) is 30.7 Å². The summed E-state index contributed by atoms with van der Waals surface area (Å²) in [7, 11) is 0. The van der Waals surface area contributed by atoms with Gasteiger partial charge in [-0.15, -0.1) is 0 Å². The molecule has 0 fully saturated rings. The number of hydrogen-bond donors (Lipinski definition) is 0. The maximum atomic E-state index is 4.21. The summed E-state index contributed by atoms with van der Waals surface area (Å²) in [4.78, 5) is 8.41. The Bertz CT molecular complexity index is 323. The van der Waals surface area contributed by atoms with Gasteiger partial charge in [0.1, 0.15) is 6.33 Å². The Morgan fingerprint density at radius 2 is 1.42 bits per heavy atom. The second kappa shape index (κ2) is 9.06. The van der Waals surface area contributed by atoms with Gasteiger partial charge in [-0.05, 0) is 23.8 Å². The van der Waals surface area contributed by atoms with Crippen molar-refractivity contribution in [3.05, 3.63) is 24.3 Å². The van der Waals surface area contributed by atoms with Crippen LogP contribution in [-0.4, -0.2) is 9.97 Å². The number of unbranched alkanes of at least 4 members (excludes halogenated alkanes) is 5. The van der Waals surface area contributed by atoms with E-state index in [1.54, 1.807) is 6.33 Å². The first-order valence-corrected chi connectivity index (χ1v) is 7.98. The molecule has 2 heteroatoms. The van der Waals surface area contributed by atoms with Crippen LogP contribution in [0.25, 0.3) is 0 Å². The number of rotatable bonds is 10. The molecule has 0 aliphatic rings. The Kier molecular flexibility index (Phi) is 7.69. The van der Waals surface area contributed by atoms with Crippen molar-refractivity contribution in [2.75, 3.05) is 0 Å². The quantitative estimate of drug-likeness (QED) is 0.536. The van der Waals surface area contributed by atoms with Gasteiger partial charge in [-0.3, -0.25) is 0 Å². The van der Waals surface area contributed by atoms with Crippen LogP contribution in [0.2, 0.25) is 0 Å². The summed E-state index contributed by atoms with van der Waals surface area (Å²) in [5, 5.41) is 0. The van der Waals surface area contributed by atoms with Crippen LogP contribution in [0.3, 0.4) is 0 Å². The monoisotopic (exact) mass is 262 g/mol. The Labute approximate surface area is 119 Å². The summed E-state index contributed by atoms with van der Waals surface area (Å²) in [5.74, 6) is 0. The van der Waals surface area contributed by atoms with E-state index in [-0.39, 0.29) is 5.41 Å². The summed E-state index contributed by atoms with van der Waals surface area (Å²) in [5.41, 5.74) is 1.59. The highest BCUT2D eigenvalue weighted by Crippen LogP contribution is 2.34. The molecule has 0 radical (unpaired) electrons. The lowest BCUT2D eigenvalue weighted by molar-refractivity contribution is 0.366. The van der Waals surface area contributed by atoms with Gasteiger partial charge >= 0.3 is 0 Å². The number of aromatic nitrogens is 2. The van der Waals surface area contributed by atoms with Crippen molar-refractivity contribution < 1.29 is 0 Å². The molecule has 0 N–H and O–H groups in total. The molecule has 0 aliphatic carbocycles. The molecule has 0 bridgehead atoms. The van der Waals surface area contributed by atoms with Gasteiger partial charge in [-0.25, -0.2) is 9.97 Å². The van der Waals surface area contributed by atoms with Crippen LogP contribution in [0.4, 0.5) is 0 Å². The molecule has 1 rings (SSSR count). The molecule has 2 nitrogen and oxygen atoms in total. The van der Waals surface area contributed by atoms with E-state index in [0.717, 1.165) is 0 Å². The molecule has 0 aliphatic heterocycles. The van der Waals surface area contributed by atoms with Gasteiger partial charge in [0.05, 0.1) is 0 Å². The standard InChI is InChI=1S/C17H30N2/c1-4-6-8-9-10-12-17(3,11-7-5-2)16-13-18-15-19-14-16/h13-15H,4-12H2,1-3H3. The Hall–Kier alpha value is -0.920. The van der Waals surface area contributed by atoms with Crippen molar-refractivity contribution in [3.8, 4) is 0 Å². The minimum Gasteiger partial charge on any atom is -0.245 e. The van der Waals surface area contributed by atoms with Crippen LogP contribution >= 0.6 is 0 Å². The van der Waals surface area contributed by atoms with E-state index in [1.807, 2.05) is 12.4 Å². The number of hydrogen-bond acceptors (Lipinski definition) is 2. The minimum atomic E-state index is 0.267. The number of nitrogens with zero attached hydrogens (tertiary/aromatic N) is 2. The maximum Gasteiger partial charge on any atom is 0.115 e. The first-order chi connectivity index (χ1) is 9.23. The molecule has 0 amide bonds. The SMILES string of the molecule is CCCCCCCC(C)(CCCC)c1cncnc1. The van der Waals surface area contributed by atoms with Crippen LogP contribution in [0.1, 0.15) is 84.1 Å². The van der Waals surface area contributed by atoms with Gasteiger partial charge in [-0.2, -0.15) is 0 Å². The lowest BCUT2D eigenvalue weighted by atomic mass is 9.75. The highest BCUT2D eigenvalue weighted by Gasteiger charge is 2.25. The fourth-order valence-electron chi connectivity index (χ4n) is 2.71. The first-order valence-electron chi connectivity index (χ1n) is 7.98. The first kappa shape index (κ1) is 16.1. The van der Waals surface area contributed by atoms with Crippen molar-refractivity contribution in [1.29, 1.82) is 0 Å². The molecule has 19 heavy (non-hydrogen) atoms. The van der Waals surface area contributed by atoms with Gasteiger partial charge in [0.25, 0.3) is 0 Å². The lowest BCUT2D eigenvalue weighted by Gasteiger charge is -2.29. The molecule has 0 aromatic carbocycles. The predicted molar refractivity (Wildman–Crippen MR) is 82.3 cm³/mol. The van der Waals surface area contributed by atoms with E-state index >= 15 is 0 Å². The van der Waals surface area contributed by atoms with Crippen LogP contribution in [0, 0.1) is 0 Å². The lowest BCUT2D eigenvalue weighted by Crippen LogP contribution is -2.22. The fraction of sp³-hybridized carbons (Fsp3) is 0.765. The molecule has 1 heterocycles. The fourth-order valence-corrected chi connectivity index (χ4v) is 2.71. The summed E-state index contributed by atoms with van der Waals surface area (Å²) in [6.07, 6.45) is 17.5. The van der Waals surface area contributed by atoms with Crippen molar-refractivity contribution in [2.24, 2.45) is 0 Å². The van der Waals surface area contributed by atoms with E-state index in [9.17, 15) is 0 Å². The zero-order chi connectivity index (χ0) is 14.0. The Morgan fingerprint density at radius 3 is 2.05 bits per heavy atom. The maximum absolute atomic E-state index is 4.21. The smallest absolute Gasteiger partial charge is 0.115 e. The molecule has 0 saturated heterocycles. The third-order valence-corrected chi connectivity index (χ3v) is 4.17. The zero-order valence-electron chi connectivity index (χ0n) is 13.0. The van der Waals surface area contributed by atoms with Gasteiger partial charge in [0.2, 0.25) is 0 Å². The average Bonchev–Trinajstić information content (AvgIpc) is 2.46. The van der Waals surface area contributed by atoms with Crippen molar-refractivity contribution in [2.45, 2.75) is 84.0 Å². The van der Waals surface area contributed by atoms with Crippen molar-refractivity contribution in [1.82, 2.24) is 9.97 Å². The second-order valence-electron chi connectivity index (χ2n) is 5.96. The zero-order valence-corrected chi connectivity index (χ0v) is 13.0. The van der Waals surface area contributed by atoms with Crippen LogP contribution in [0.5, 0.6) is 0 Å². The summed E-state index contributed by atoms with van der Waals surface area (Å²) >= 11 is 0. The van der Waals surface area contributed by atoms with E-state index in [1.165, 1.54) is 63.4 Å². The molecule has 108 valence electrons. The molecule has 1 aromatic heterocycles. The van der Waals surface area contributed by atoms with Crippen molar-refractivity contribution in [3.63, 3.8) is 0 Å². The van der Waals surface area contributed by atoms with Gasteiger partial charge in [0, 0.05) is 12.4 Å². The molecule has 0 saturated carbocycles. The van der Waals surface area contributed by atoms with E-state index in [4.69, 9.17) is 0 Å². The van der Waals surface area contributed by atoms with Crippen molar-refractivity contribution >= 4 is 0 Å². The second-order valence-corrected chi connectivity index (χ2v) is 5.96. The van der Waals surface area contributed by atoms with Gasteiger partial charge in [0.15, 0.2) is 0 Å². The average molecular weight is 262 g/mol. The van der Waals surface area contributed by atoms with Crippen LogP contribution < -0.4 is 0 Å². The molecule has 1 atom stereocenters. The molecule has 1 unspecified atom stereocenters. The molecular formula is C17H30N2. The van der Waals surface area contributed by atoms with Crippen LogP contribution in [-0.2, 0) is 5.41 Å². The minimum absolute atomic E-state index is 0.267. The van der Waals surface area contributed by atoms with Gasteiger partial charge < -0.3 is 0 Å². The van der Waals surface area contributed by atoms with Gasteiger partial charge in [-0.1, -0.05) is 65.7 Å².